The van der Waals surface area contributed by atoms with Gasteiger partial charge in [-0.2, -0.15) is 0 Å². The molecule has 1 fully saturated rings. The van der Waals surface area contributed by atoms with Crippen LogP contribution in [-0.2, 0) is 18.9 Å². The summed E-state index contributed by atoms with van der Waals surface area (Å²) in [6, 6.07) is 5.46. The Labute approximate surface area is 229 Å². The number of carbonyl (C=O) groups is 3. The molecule has 12 nitrogen and oxygen atoms in total. The van der Waals surface area contributed by atoms with Gasteiger partial charge in [0.05, 0.1) is 18.8 Å². The molecule has 0 unspecified atom stereocenters. The van der Waals surface area contributed by atoms with Crippen molar-refractivity contribution in [2.75, 3.05) is 21.3 Å². The summed E-state index contributed by atoms with van der Waals surface area (Å²) < 4.78 is 27.9. The predicted molar refractivity (Wildman–Crippen MR) is 135 cm³/mol. The lowest BCUT2D eigenvalue weighted by Gasteiger charge is -2.46. The van der Waals surface area contributed by atoms with Crippen molar-refractivity contribution < 1.29 is 58.5 Å². The van der Waals surface area contributed by atoms with Crippen molar-refractivity contribution in [3.05, 3.63) is 57.6 Å². The zero-order valence-electron chi connectivity index (χ0n) is 22.4. The van der Waals surface area contributed by atoms with Gasteiger partial charge in [-0.05, 0) is 38.1 Å². The maximum Gasteiger partial charge on any atom is 0.198 e. The van der Waals surface area contributed by atoms with E-state index in [2.05, 4.69) is 0 Å². The molecule has 2 aliphatic carbocycles. The molecule has 12 heteroatoms. The molecule has 1 heterocycles. The Balaban J connectivity index is 1.69. The molecule has 0 aromatic heterocycles. The molecule has 0 radical (unpaired) electrons. The number of fused-ring (bicyclic) bond motifs is 3. The van der Waals surface area contributed by atoms with Crippen LogP contribution in [0.15, 0.2) is 24.3 Å². The second kappa shape index (κ2) is 10.00. The largest absolute Gasteiger partial charge is 0.507 e. The fourth-order valence-electron chi connectivity index (χ4n) is 5.73. The van der Waals surface area contributed by atoms with Crippen molar-refractivity contribution >= 4 is 17.3 Å². The summed E-state index contributed by atoms with van der Waals surface area (Å²) in [6.45, 7) is 2.70. The number of phenolic OH excluding ortho intramolecular Hbond substituents is 1. The summed E-state index contributed by atoms with van der Waals surface area (Å²) in [6.07, 6.45) is -9.07. The van der Waals surface area contributed by atoms with Crippen LogP contribution in [0.5, 0.6) is 11.5 Å². The average molecular weight is 559 g/mol. The van der Waals surface area contributed by atoms with Crippen LogP contribution >= 0.6 is 0 Å². The minimum Gasteiger partial charge on any atom is -0.507 e. The molecule has 1 saturated heterocycles. The molecular weight excluding hydrogens is 528 g/mol. The number of benzene rings is 2. The van der Waals surface area contributed by atoms with Gasteiger partial charge in [-0.15, -0.1) is 0 Å². The molecule has 4 N–H and O–H groups in total. The van der Waals surface area contributed by atoms with Gasteiger partial charge in [-0.1, -0.05) is 0 Å². The molecule has 0 bridgehead atoms. The maximum absolute atomic E-state index is 13.6. The highest BCUT2D eigenvalue weighted by Gasteiger charge is 2.55. The van der Waals surface area contributed by atoms with Crippen LogP contribution in [0.3, 0.4) is 0 Å². The van der Waals surface area contributed by atoms with Gasteiger partial charge in [0.15, 0.2) is 29.2 Å². The second-order valence-corrected chi connectivity index (χ2v) is 10.3. The van der Waals surface area contributed by atoms with Crippen LogP contribution in [0.25, 0.3) is 0 Å². The zero-order chi connectivity index (χ0) is 29.3. The SMILES string of the molecule is COc1ccc2c(c1)C(=O)c1cc3c(c(O)c1C2=O)[C@H](O[C@@H]1O[C@@H](C)[C@H](O)[C@@H](O)[C@@H]1OC)[C@@H](OC)[C@](C)(O)C3=O. The number of carbonyl (C=O) groups excluding carboxylic acids is 3. The molecule has 8 atom stereocenters. The van der Waals surface area contributed by atoms with Gasteiger partial charge in [0.2, 0.25) is 0 Å². The molecule has 0 spiro atoms. The van der Waals surface area contributed by atoms with E-state index in [0.29, 0.717) is 5.75 Å². The standard InChI is InChI=1S/C28H30O12/c1-10-18(29)22(33)24(37-4)27(39-10)40-23-17-15(25(34)28(2,35)26(23)38-5)9-14-16(21(17)32)20(31)12-7-6-11(36-3)8-13(12)19(14)30/h6-10,18,22-24,26-27,29,32-33,35H,1-5H3/t10-,18-,22+,23-,24-,26+,27-,28+/m0/s1. The molecule has 0 saturated carbocycles. The van der Waals surface area contributed by atoms with E-state index >= 15 is 0 Å². The van der Waals surface area contributed by atoms with Crippen molar-refractivity contribution in [3.63, 3.8) is 0 Å². The smallest absolute Gasteiger partial charge is 0.198 e. The number of aromatic hydroxyl groups is 1. The summed E-state index contributed by atoms with van der Waals surface area (Å²) in [5.74, 6) is -2.52. The van der Waals surface area contributed by atoms with E-state index in [-0.39, 0.29) is 33.4 Å². The van der Waals surface area contributed by atoms with Gasteiger partial charge in [-0.3, -0.25) is 14.4 Å². The van der Waals surface area contributed by atoms with Gasteiger partial charge < -0.3 is 44.1 Å². The first kappa shape index (κ1) is 28.3. The van der Waals surface area contributed by atoms with E-state index in [4.69, 9.17) is 23.7 Å². The lowest BCUT2D eigenvalue weighted by atomic mass is 9.72. The average Bonchev–Trinajstić information content (AvgIpc) is 2.92. The Kier molecular flexibility index (Phi) is 7.07. The number of Topliss-reactive ketones (excluding diaryl/α,β-unsaturated/α-hetero) is 1. The molecule has 2 aromatic carbocycles. The number of aliphatic hydroxyl groups is 3. The Morgan fingerprint density at radius 2 is 1.60 bits per heavy atom. The quantitative estimate of drug-likeness (QED) is 0.345. The third kappa shape index (κ3) is 3.98. The number of aliphatic hydroxyl groups excluding tert-OH is 2. The zero-order valence-corrected chi connectivity index (χ0v) is 22.4. The molecular formula is C28H30O12. The number of methoxy groups -OCH3 is 3. The summed E-state index contributed by atoms with van der Waals surface area (Å²) >= 11 is 0. The first-order chi connectivity index (χ1) is 18.9. The van der Waals surface area contributed by atoms with Crippen LogP contribution in [0.1, 0.15) is 67.7 Å². The van der Waals surface area contributed by atoms with E-state index in [9.17, 15) is 34.8 Å². The Morgan fingerprint density at radius 3 is 2.23 bits per heavy atom. The monoisotopic (exact) mass is 558 g/mol. The maximum atomic E-state index is 13.6. The molecule has 0 amide bonds. The van der Waals surface area contributed by atoms with E-state index < -0.39 is 71.6 Å². The van der Waals surface area contributed by atoms with Gasteiger partial charge in [0.1, 0.15) is 42.0 Å². The van der Waals surface area contributed by atoms with Crippen LogP contribution in [0.2, 0.25) is 0 Å². The van der Waals surface area contributed by atoms with Crippen LogP contribution in [-0.4, -0.2) is 102 Å². The summed E-state index contributed by atoms with van der Waals surface area (Å²) in [5, 5.41) is 43.6. The van der Waals surface area contributed by atoms with Crippen LogP contribution < -0.4 is 4.74 Å². The molecule has 3 aliphatic rings. The molecule has 40 heavy (non-hydrogen) atoms. The third-order valence-corrected chi connectivity index (χ3v) is 7.94. The summed E-state index contributed by atoms with van der Waals surface area (Å²) in [4.78, 5) is 40.6. The molecule has 2 aromatic rings. The Hall–Kier alpha value is -3.23. The lowest BCUT2D eigenvalue weighted by molar-refractivity contribution is -0.321. The highest BCUT2D eigenvalue weighted by molar-refractivity contribution is 6.30. The number of ketones is 3. The van der Waals surface area contributed by atoms with Gasteiger partial charge in [-0.25, -0.2) is 0 Å². The van der Waals surface area contributed by atoms with E-state index in [1.54, 1.807) is 0 Å². The van der Waals surface area contributed by atoms with E-state index in [0.717, 1.165) is 6.07 Å². The number of rotatable bonds is 5. The second-order valence-electron chi connectivity index (χ2n) is 10.3. The number of hydrogen-bond acceptors (Lipinski definition) is 12. The topological polar surface area (TPSA) is 178 Å². The fourth-order valence-corrected chi connectivity index (χ4v) is 5.73. The van der Waals surface area contributed by atoms with Crippen molar-refractivity contribution in [1.82, 2.24) is 0 Å². The Morgan fingerprint density at radius 1 is 0.900 bits per heavy atom. The summed E-state index contributed by atoms with van der Waals surface area (Å²) in [7, 11) is 3.90. The lowest BCUT2D eigenvalue weighted by Crippen LogP contribution is -2.60. The minimum atomic E-state index is -2.21. The van der Waals surface area contributed by atoms with Crippen molar-refractivity contribution in [2.24, 2.45) is 0 Å². The molecule has 1 aliphatic heterocycles. The van der Waals surface area contributed by atoms with Gasteiger partial charge in [0, 0.05) is 42.0 Å². The van der Waals surface area contributed by atoms with E-state index in [1.165, 1.54) is 53.4 Å². The first-order valence-electron chi connectivity index (χ1n) is 12.6. The minimum absolute atomic E-state index is 0.0319. The van der Waals surface area contributed by atoms with Crippen LogP contribution in [0, 0.1) is 0 Å². The number of phenols is 1. The Bertz CT molecular complexity index is 1400. The number of ether oxygens (including phenoxy) is 5. The predicted octanol–water partition coefficient (Wildman–Crippen LogP) is 0.678. The molecule has 214 valence electrons. The summed E-state index contributed by atoms with van der Waals surface area (Å²) in [5.41, 5.74) is -3.17. The van der Waals surface area contributed by atoms with Gasteiger partial charge in [0.25, 0.3) is 0 Å². The third-order valence-electron chi connectivity index (χ3n) is 7.94. The normalized spacial score (nSPS) is 33.3. The van der Waals surface area contributed by atoms with Crippen molar-refractivity contribution in [2.45, 2.75) is 62.4 Å². The highest BCUT2D eigenvalue weighted by atomic mass is 16.7. The first-order valence-corrected chi connectivity index (χ1v) is 12.6. The molecule has 5 rings (SSSR count). The van der Waals surface area contributed by atoms with Crippen molar-refractivity contribution in [1.29, 1.82) is 0 Å². The van der Waals surface area contributed by atoms with Crippen molar-refractivity contribution in [3.8, 4) is 11.5 Å². The van der Waals surface area contributed by atoms with Gasteiger partial charge >= 0.3 is 0 Å². The number of hydrogen-bond donors (Lipinski definition) is 4. The fraction of sp³-hybridized carbons (Fsp3) is 0.464. The van der Waals surface area contributed by atoms with Crippen LogP contribution in [0.4, 0.5) is 0 Å². The highest BCUT2D eigenvalue weighted by Crippen LogP contribution is 2.49. The van der Waals surface area contributed by atoms with E-state index in [1.807, 2.05) is 0 Å².